The van der Waals surface area contributed by atoms with Crippen LogP contribution in [0.3, 0.4) is 0 Å². The average molecular weight is 270 g/mol. The molecule has 6 nitrogen and oxygen atoms in total. The summed E-state index contributed by atoms with van der Waals surface area (Å²) in [6, 6.07) is 0. The lowest BCUT2D eigenvalue weighted by molar-refractivity contribution is -0.115. The molecule has 2 unspecified atom stereocenters. The molecule has 1 heterocycles. The third kappa shape index (κ3) is 3.33. The minimum Gasteiger partial charge on any atom is -0.480 e. The number of aliphatic hydroxyl groups is 1. The van der Waals surface area contributed by atoms with Gasteiger partial charge in [0.05, 0.1) is 26.0 Å². The zero-order valence-corrected chi connectivity index (χ0v) is 12.1. The monoisotopic (exact) mass is 270 g/mol. The average Bonchev–Trinajstić information content (AvgIpc) is 2.45. The van der Waals surface area contributed by atoms with Crippen LogP contribution in [0.2, 0.25) is 0 Å². The number of ether oxygens (including phenoxy) is 3. The van der Waals surface area contributed by atoms with Crippen molar-refractivity contribution < 1.29 is 19.3 Å². The predicted octanol–water partition coefficient (Wildman–Crippen LogP) is 1.73. The number of nitrogens with zero attached hydrogens (tertiary/aromatic N) is 2. The van der Waals surface area contributed by atoms with E-state index in [-0.39, 0.29) is 5.88 Å². The fourth-order valence-electron chi connectivity index (χ4n) is 1.80. The van der Waals surface area contributed by atoms with Gasteiger partial charge in [-0.25, -0.2) is 4.98 Å². The number of aromatic nitrogens is 2. The first-order valence-corrected chi connectivity index (χ1v) is 6.29. The van der Waals surface area contributed by atoms with Crippen LogP contribution in [-0.4, -0.2) is 41.5 Å². The van der Waals surface area contributed by atoms with Gasteiger partial charge in [0.15, 0.2) is 0 Å². The van der Waals surface area contributed by atoms with Crippen LogP contribution >= 0.6 is 0 Å². The van der Waals surface area contributed by atoms with Crippen LogP contribution in [0.5, 0.6) is 11.8 Å². The zero-order chi connectivity index (χ0) is 14.5. The maximum Gasteiger partial charge on any atom is 0.241 e. The van der Waals surface area contributed by atoms with Crippen molar-refractivity contribution in [3.8, 4) is 11.8 Å². The van der Waals surface area contributed by atoms with Crippen molar-refractivity contribution in [3.63, 3.8) is 0 Å². The van der Waals surface area contributed by atoms with Crippen LogP contribution < -0.4 is 9.47 Å². The van der Waals surface area contributed by atoms with Crippen LogP contribution in [0, 0.1) is 0 Å². The topological polar surface area (TPSA) is 73.7 Å². The maximum atomic E-state index is 10.5. The smallest absolute Gasteiger partial charge is 0.241 e. The third-order valence-electron chi connectivity index (χ3n) is 3.16. The molecule has 19 heavy (non-hydrogen) atoms. The van der Waals surface area contributed by atoms with E-state index in [0.717, 1.165) is 0 Å². The summed E-state index contributed by atoms with van der Waals surface area (Å²) in [5, 5.41) is 10.5. The molecule has 1 aromatic rings. The molecule has 0 radical (unpaired) electrons. The first-order chi connectivity index (χ1) is 9.02. The van der Waals surface area contributed by atoms with Crippen LogP contribution in [0.1, 0.15) is 39.0 Å². The van der Waals surface area contributed by atoms with Crippen molar-refractivity contribution in [1.29, 1.82) is 0 Å². The van der Waals surface area contributed by atoms with Gasteiger partial charge in [-0.1, -0.05) is 6.92 Å². The Balaban J connectivity index is 3.13. The lowest BCUT2D eigenvalue weighted by atomic mass is 9.93. The SMILES string of the molecule is CCOC(C)(CC)C(O)c1ncc(OC)nc1OC. The predicted molar refractivity (Wildman–Crippen MR) is 70.4 cm³/mol. The minimum atomic E-state index is -0.925. The van der Waals surface area contributed by atoms with E-state index >= 15 is 0 Å². The summed E-state index contributed by atoms with van der Waals surface area (Å²) in [6.07, 6.45) is 1.16. The highest BCUT2D eigenvalue weighted by atomic mass is 16.5. The van der Waals surface area contributed by atoms with Crippen molar-refractivity contribution in [1.82, 2.24) is 9.97 Å². The molecule has 0 aliphatic carbocycles. The van der Waals surface area contributed by atoms with E-state index in [1.807, 2.05) is 20.8 Å². The number of rotatable bonds is 7. The van der Waals surface area contributed by atoms with E-state index in [1.54, 1.807) is 0 Å². The lowest BCUT2D eigenvalue weighted by Crippen LogP contribution is -2.36. The Labute approximate surface area is 113 Å². The summed E-state index contributed by atoms with van der Waals surface area (Å²) in [7, 11) is 2.97. The summed E-state index contributed by atoms with van der Waals surface area (Å²) in [4.78, 5) is 8.29. The quantitative estimate of drug-likeness (QED) is 0.813. The highest BCUT2D eigenvalue weighted by Gasteiger charge is 2.36. The van der Waals surface area contributed by atoms with E-state index in [4.69, 9.17) is 14.2 Å². The Kier molecular flexibility index (Phi) is 5.50. The third-order valence-corrected chi connectivity index (χ3v) is 3.16. The number of aliphatic hydroxyl groups excluding tert-OH is 1. The van der Waals surface area contributed by atoms with Gasteiger partial charge in [-0.05, 0) is 20.3 Å². The van der Waals surface area contributed by atoms with Gasteiger partial charge in [0.2, 0.25) is 11.8 Å². The van der Waals surface area contributed by atoms with Gasteiger partial charge in [0, 0.05) is 6.61 Å². The Hall–Kier alpha value is -1.40. The van der Waals surface area contributed by atoms with Gasteiger partial charge in [-0.2, -0.15) is 4.98 Å². The van der Waals surface area contributed by atoms with E-state index < -0.39 is 11.7 Å². The molecule has 0 saturated heterocycles. The van der Waals surface area contributed by atoms with Crippen LogP contribution in [0.4, 0.5) is 0 Å². The van der Waals surface area contributed by atoms with Gasteiger partial charge in [-0.15, -0.1) is 0 Å². The number of hydrogen-bond donors (Lipinski definition) is 1. The molecule has 108 valence electrons. The lowest BCUT2D eigenvalue weighted by Gasteiger charge is -2.33. The highest BCUT2D eigenvalue weighted by Crippen LogP contribution is 2.35. The van der Waals surface area contributed by atoms with E-state index in [2.05, 4.69) is 9.97 Å². The Bertz CT molecular complexity index is 414. The molecule has 1 rings (SSSR count). The molecule has 0 saturated carbocycles. The molecule has 0 amide bonds. The second kappa shape index (κ2) is 6.68. The van der Waals surface area contributed by atoms with Crippen molar-refractivity contribution in [2.75, 3.05) is 20.8 Å². The summed E-state index contributed by atoms with van der Waals surface area (Å²) < 4.78 is 15.8. The minimum absolute atomic E-state index is 0.242. The number of methoxy groups -OCH3 is 2. The summed E-state index contributed by atoms with van der Waals surface area (Å²) in [5.41, 5.74) is -0.383. The van der Waals surface area contributed by atoms with Crippen molar-refractivity contribution in [2.45, 2.75) is 38.9 Å². The van der Waals surface area contributed by atoms with Crippen molar-refractivity contribution in [2.24, 2.45) is 0 Å². The Morgan fingerprint density at radius 3 is 2.47 bits per heavy atom. The first-order valence-electron chi connectivity index (χ1n) is 6.29. The summed E-state index contributed by atoms with van der Waals surface area (Å²) in [5.74, 6) is 0.577. The molecule has 0 fully saturated rings. The van der Waals surface area contributed by atoms with Crippen LogP contribution in [0.15, 0.2) is 6.20 Å². The second-order valence-electron chi connectivity index (χ2n) is 4.31. The Morgan fingerprint density at radius 2 is 2.00 bits per heavy atom. The second-order valence-corrected chi connectivity index (χ2v) is 4.31. The fourth-order valence-corrected chi connectivity index (χ4v) is 1.80. The van der Waals surface area contributed by atoms with E-state index in [1.165, 1.54) is 20.4 Å². The molecule has 1 N–H and O–H groups in total. The van der Waals surface area contributed by atoms with Gasteiger partial charge in [-0.3, -0.25) is 0 Å². The van der Waals surface area contributed by atoms with Crippen molar-refractivity contribution >= 4 is 0 Å². The molecule has 6 heteroatoms. The molecule has 0 aromatic carbocycles. The molecule has 0 bridgehead atoms. The normalized spacial score (nSPS) is 15.7. The summed E-state index contributed by atoms with van der Waals surface area (Å²) in [6.45, 7) is 6.18. The van der Waals surface area contributed by atoms with Crippen LogP contribution in [0.25, 0.3) is 0 Å². The molecule has 0 aliphatic rings. The molecule has 1 aromatic heterocycles. The molecule has 0 aliphatic heterocycles. The van der Waals surface area contributed by atoms with Gasteiger partial charge in [0.25, 0.3) is 0 Å². The highest BCUT2D eigenvalue weighted by molar-refractivity contribution is 5.26. The first kappa shape index (κ1) is 15.7. The molecular formula is C13H22N2O4. The Morgan fingerprint density at radius 1 is 1.32 bits per heavy atom. The van der Waals surface area contributed by atoms with Gasteiger partial charge < -0.3 is 19.3 Å². The maximum absolute atomic E-state index is 10.5. The molecular weight excluding hydrogens is 248 g/mol. The fraction of sp³-hybridized carbons (Fsp3) is 0.692. The summed E-state index contributed by atoms with van der Waals surface area (Å²) >= 11 is 0. The van der Waals surface area contributed by atoms with Crippen LogP contribution in [-0.2, 0) is 4.74 Å². The standard InChI is InChI=1S/C13H22N2O4/c1-6-13(3,19-7-2)11(16)10-12(18-5)15-9(17-4)8-14-10/h8,11,16H,6-7H2,1-5H3. The largest absolute Gasteiger partial charge is 0.480 e. The molecule has 0 spiro atoms. The molecule has 2 atom stereocenters. The van der Waals surface area contributed by atoms with E-state index in [0.29, 0.717) is 24.6 Å². The van der Waals surface area contributed by atoms with E-state index in [9.17, 15) is 5.11 Å². The van der Waals surface area contributed by atoms with Crippen molar-refractivity contribution in [3.05, 3.63) is 11.9 Å². The number of hydrogen-bond acceptors (Lipinski definition) is 6. The van der Waals surface area contributed by atoms with Gasteiger partial charge >= 0.3 is 0 Å². The zero-order valence-electron chi connectivity index (χ0n) is 12.1. The van der Waals surface area contributed by atoms with Gasteiger partial charge in [0.1, 0.15) is 11.8 Å².